The van der Waals surface area contributed by atoms with E-state index in [9.17, 15) is 9.90 Å². The van der Waals surface area contributed by atoms with E-state index < -0.39 is 5.97 Å². The molecule has 0 bridgehead atoms. The zero-order valence-corrected chi connectivity index (χ0v) is 17.7. The second kappa shape index (κ2) is 8.95. The zero-order valence-electron chi connectivity index (χ0n) is 17.7. The average molecular weight is 407 g/mol. The summed E-state index contributed by atoms with van der Waals surface area (Å²) in [6, 6.07) is 16.3. The van der Waals surface area contributed by atoms with Crippen molar-refractivity contribution in [3.63, 3.8) is 0 Å². The van der Waals surface area contributed by atoms with Gasteiger partial charge in [-0.2, -0.15) is 0 Å². The van der Waals surface area contributed by atoms with Crippen molar-refractivity contribution in [1.29, 1.82) is 0 Å². The normalized spacial score (nSPS) is 20.3. The van der Waals surface area contributed by atoms with Crippen LogP contribution in [0.25, 0.3) is 5.57 Å². The summed E-state index contributed by atoms with van der Waals surface area (Å²) in [6.45, 7) is 2.49. The third-order valence-corrected chi connectivity index (χ3v) is 6.43. The number of carboxylic acid groups (broad SMARTS) is 1. The zero-order chi connectivity index (χ0) is 21.1. The summed E-state index contributed by atoms with van der Waals surface area (Å²) in [6.07, 6.45) is 6.54. The molecule has 0 heterocycles. The van der Waals surface area contributed by atoms with E-state index >= 15 is 0 Å². The van der Waals surface area contributed by atoms with Crippen LogP contribution in [0.15, 0.2) is 54.6 Å². The lowest BCUT2D eigenvalue weighted by atomic mass is 9.83. The highest BCUT2D eigenvalue weighted by Gasteiger charge is 2.38. The molecule has 2 aromatic carbocycles. The fraction of sp³-hybridized carbons (Fsp3) is 0.423. The van der Waals surface area contributed by atoms with Crippen LogP contribution < -0.4 is 9.47 Å². The standard InChI is InChI=1S/C26H30O4/c1-17(26(27)28)25(19-11-12-19)22-6-4-8-24(15-22)30-16-18-9-10-21(13-18)20-5-3-7-23(14-20)29-2/h3-8,10,14-15,17-19,25H,9,11-13,16H2,1-2H3,(H,27,28). The summed E-state index contributed by atoms with van der Waals surface area (Å²) >= 11 is 0. The van der Waals surface area contributed by atoms with E-state index in [4.69, 9.17) is 9.47 Å². The number of allylic oxidation sites excluding steroid dienone is 2. The SMILES string of the molecule is COc1cccc(C2=CCC(COc3cccc(C(C4CC4)C(C)C(=O)O)c3)C2)c1. The first-order chi connectivity index (χ1) is 14.5. The Morgan fingerprint density at radius 1 is 1.13 bits per heavy atom. The van der Waals surface area contributed by atoms with Gasteiger partial charge in [0.15, 0.2) is 0 Å². The largest absolute Gasteiger partial charge is 0.497 e. The fourth-order valence-electron chi connectivity index (χ4n) is 4.58. The minimum atomic E-state index is -0.722. The summed E-state index contributed by atoms with van der Waals surface area (Å²) < 4.78 is 11.5. The van der Waals surface area contributed by atoms with Gasteiger partial charge >= 0.3 is 5.97 Å². The summed E-state index contributed by atoms with van der Waals surface area (Å²) in [5, 5.41) is 9.51. The highest BCUT2D eigenvalue weighted by Crippen LogP contribution is 2.47. The van der Waals surface area contributed by atoms with Gasteiger partial charge in [0.25, 0.3) is 0 Å². The third kappa shape index (κ3) is 4.69. The van der Waals surface area contributed by atoms with Gasteiger partial charge in [-0.25, -0.2) is 0 Å². The highest BCUT2D eigenvalue weighted by molar-refractivity contribution is 5.71. The van der Waals surface area contributed by atoms with Crippen LogP contribution in [0, 0.1) is 17.8 Å². The molecule has 0 amide bonds. The van der Waals surface area contributed by atoms with Gasteiger partial charge in [0.2, 0.25) is 0 Å². The Kier molecular flexibility index (Phi) is 6.12. The van der Waals surface area contributed by atoms with Gasteiger partial charge in [0.05, 0.1) is 19.6 Å². The number of rotatable bonds is 9. The van der Waals surface area contributed by atoms with Crippen molar-refractivity contribution < 1.29 is 19.4 Å². The van der Waals surface area contributed by atoms with E-state index in [0.29, 0.717) is 18.4 Å². The van der Waals surface area contributed by atoms with Crippen LogP contribution in [0.3, 0.4) is 0 Å². The maximum absolute atomic E-state index is 11.6. The second-order valence-corrected chi connectivity index (χ2v) is 8.64. The molecule has 0 aliphatic heterocycles. The molecule has 1 N–H and O–H groups in total. The first-order valence-electron chi connectivity index (χ1n) is 10.8. The number of carboxylic acids is 1. The Hall–Kier alpha value is -2.75. The van der Waals surface area contributed by atoms with Gasteiger partial charge in [-0.1, -0.05) is 37.3 Å². The first kappa shape index (κ1) is 20.5. The lowest BCUT2D eigenvalue weighted by Gasteiger charge is -2.22. The van der Waals surface area contributed by atoms with Crippen LogP contribution in [0.5, 0.6) is 11.5 Å². The molecule has 4 heteroatoms. The summed E-state index contributed by atoms with van der Waals surface area (Å²) in [4.78, 5) is 11.6. The second-order valence-electron chi connectivity index (χ2n) is 8.64. The number of aliphatic carboxylic acids is 1. The van der Waals surface area contributed by atoms with Crippen molar-refractivity contribution in [3.8, 4) is 11.5 Å². The Labute approximate surface area is 178 Å². The smallest absolute Gasteiger partial charge is 0.306 e. The third-order valence-electron chi connectivity index (χ3n) is 6.43. The number of carbonyl (C=O) groups is 1. The number of methoxy groups -OCH3 is 1. The molecule has 4 rings (SSSR count). The Bertz CT molecular complexity index is 928. The van der Waals surface area contributed by atoms with Gasteiger partial charge in [0.1, 0.15) is 11.5 Å². The Balaban J connectivity index is 1.37. The molecule has 0 spiro atoms. The van der Waals surface area contributed by atoms with Crippen LogP contribution in [0.1, 0.15) is 49.7 Å². The molecule has 0 radical (unpaired) electrons. The molecule has 0 saturated heterocycles. The van der Waals surface area contributed by atoms with Crippen LogP contribution in [-0.2, 0) is 4.79 Å². The topological polar surface area (TPSA) is 55.8 Å². The first-order valence-corrected chi connectivity index (χ1v) is 10.8. The number of ether oxygens (including phenoxy) is 2. The molecule has 1 fully saturated rings. The van der Waals surface area contributed by atoms with E-state index in [1.165, 1.54) is 11.1 Å². The molecule has 4 nitrogen and oxygen atoms in total. The average Bonchev–Trinajstić information content (AvgIpc) is 3.48. The van der Waals surface area contributed by atoms with Crippen molar-refractivity contribution >= 4 is 11.5 Å². The van der Waals surface area contributed by atoms with Crippen LogP contribution >= 0.6 is 0 Å². The van der Waals surface area contributed by atoms with E-state index in [2.05, 4.69) is 18.2 Å². The number of benzene rings is 2. The van der Waals surface area contributed by atoms with Crippen molar-refractivity contribution in [2.24, 2.45) is 17.8 Å². The molecular weight excluding hydrogens is 376 g/mol. The molecule has 2 aromatic rings. The van der Waals surface area contributed by atoms with Crippen molar-refractivity contribution in [1.82, 2.24) is 0 Å². The van der Waals surface area contributed by atoms with Gasteiger partial charge in [-0.05, 0) is 78.5 Å². The molecule has 30 heavy (non-hydrogen) atoms. The maximum Gasteiger partial charge on any atom is 0.306 e. The lowest BCUT2D eigenvalue weighted by molar-refractivity contribution is -0.142. The Morgan fingerprint density at radius 2 is 1.90 bits per heavy atom. The van der Waals surface area contributed by atoms with E-state index in [-0.39, 0.29) is 11.8 Å². The molecule has 3 unspecified atom stereocenters. The molecule has 1 saturated carbocycles. The predicted molar refractivity (Wildman–Crippen MR) is 118 cm³/mol. The van der Waals surface area contributed by atoms with Crippen molar-refractivity contribution in [2.75, 3.05) is 13.7 Å². The van der Waals surface area contributed by atoms with Crippen LogP contribution in [0.4, 0.5) is 0 Å². The lowest BCUT2D eigenvalue weighted by Crippen LogP contribution is -2.20. The minimum absolute atomic E-state index is 0.0684. The number of hydrogen-bond acceptors (Lipinski definition) is 3. The maximum atomic E-state index is 11.6. The van der Waals surface area contributed by atoms with Gasteiger partial charge in [-0.3, -0.25) is 4.79 Å². The highest BCUT2D eigenvalue weighted by atomic mass is 16.5. The predicted octanol–water partition coefficient (Wildman–Crippen LogP) is 5.78. The monoisotopic (exact) mass is 406 g/mol. The molecular formula is C26H30O4. The van der Waals surface area contributed by atoms with Crippen molar-refractivity contribution in [2.45, 2.75) is 38.5 Å². The molecule has 158 valence electrons. The fourth-order valence-corrected chi connectivity index (χ4v) is 4.58. The summed E-state index contributed by atoms with van der Waals surface area (Å²) in [7, 11) is 1.69. The van der Waals surface area contributed by atoms with E-state index in [0.717, 1.165) is 42.7 Å². The number of hydrogen-bond donors (Lipinski definition) is 1. The molecule has 2 aliphatic carbocycles. The Morgan fingerprint density at radius 3 is 2.63 bits per heavy atom. The quantitative estimate of drug-likeness (QED) is 0.573. The molecule has 2 aliphatic rings. The van der Waals surface area contributed by atoms with Gasteiger partial charge in [0, 0.05) is 5.92 Å². The van der Waals surface area contributed by atoms with E-state index in [1.54, 1.807) is 7.11 Å². The van der Waals surface area contributed by atoms with Gasteiger partial charge in [-0.15, -0.1) is 0 Å². The van der Waals surface area contributed by atoms with Gasteiger partial charge < -0.3 is 14.6 Å². The van der Waals surface area contributed by atoms with Crippen molar-refractivity contribution in [3.05, 3.63) is 65.7 Å². The summed E-state index contributed by atoms with van der Waals surface area (Å²) in [5.74, 6) is 1.62. The van der Waals surface area contributed by atoms with Crippen LogP contribution in [0.2, 0.25) is 0 Å². The van der Waals surface area contributed by atoms with Crippen LogP contribution in [-0.4, -0.2) is 24.8 Å². The molecule has 0 aromatic heterocycles. The minimum Gasteiger partial charge on any atom is -0.497 e. The summed E-state index contributed by atoms with van der Waals surface area (Å²) in [5.41, 5.74) is 3.65. The van der Waals surface area contributed by atoms with E-state index in [1.807, 2.05) is 43.3 Å². The molecule has 3 atom stereocenters.